The zero-order chi connectivity index (χ0) is 34.3. The Morgan fingerprint density at radius 1 is 0.957 bits per heavy atom. The first-order chi connectivity index (χ1) is 21.4. The second kappa shape index (κ2) is 15.6. The summed E-state index contributed by atoms with van der Waals surface area (Å²) in [5.74, 6) is 0.0430. The summed E-state index contributed by atoms with van der Waals surface area (Å²) >= 11 is 0. The molecule has 4 amide bonds. The van der Waals surface area contributed by atoms with E-state index in [0.29, 0.717) is 37.3 Å². The first kappa shape index (κ1) is 37.9. The summed E-state index contributed by atoms with van der Waals surface area (Å²) in [6, 6.07) is -1.14. The molecule has 0 radical (unpaired) electrons. The number of nitrogens with two attached hydrogens (primary N) is 2. The van der Waals surface area contributed by atoms with Gasteiger partial charge in [-0.1, -0.05) is 67.2 Å². The second-order valence-electron chi connectivity index (χ2n) is 16.7. The van der Waals surface area contributed by atoms with Crippen molar-refractivity contribution in [3.63, 3.8) is 0 Å². The summed E-state index contributed by atoms with van der Waals surface area (Å²) in [7, 11) is 0. The molecule has 3 aliphatic carbocycles. The van der Waals surface area contributed by atoms with Crippen LogP contribution in [0.3, 0.4) is 0 Å². The van der Waals surface area contributed by atoms with Gasteiger partial charge in [0.1, 0.15) is 5.54 Å². The van der Waals surface area contributed by atoms with Crippen LogP contribution < -0.4 is 27.4 Å². The van der Waals surface area contributed by atoms with Crippen LogP contribution in [0.15, 0.2) is 0 Å². The molecule has 0 aromatic heterocycles. The van der Waals surface area contributed by atoms with Crippen molar-refractivity contribution in [1.82, 2.24) is 16.0 Å². The maximum atomic E-state index is 12.5. The number of hydrogen-bond donors (Lipinski definition) is 5. The van der Waals surface area contributed by atoms with Crippen LogP contribution in [-0.4, -0.2) is 67.8 Å². The van der Waals surface area contributed by atoms with Crippen molar-refractivity contribution in [1.29, 1.82) is 0 Å². The number of carbonyl (C=O) groups is 5. The summed E-state index contributed by atoms with van der Waals surface area (Å²) in [6.45, 7) is 15.7. The molecule has 4 rings (SSSR count). The third kappa shape index (κ3) is 9.99. The Balaban J connectivity index is 0.000000365. The molecular weight excluding hydrogens is 586 g/mol. The van der Waals surface area contributed by atoms with Gasteiger partial charge < -0.3 is 32.2 Å². The maximum Gasteiger partial charge on any atom is 0.313 e. The summed E-state index contributed by atoms with van der Waals surface area (Å²) in [6.07, 6.45) is 12.5. The highest BCUT2D eigenvalue weighted by atomic mass is 16.5. The molecule has 46 heavy (non-hydrogen) atoms. The summed E-state index contributed by atoms with van der Waals surface area (Å²) in [5.41, 5.74) is 10.1. The number of ether oxygens (including phenoxy) is 1. The van der Waals surface area contributed by atoms with Crippen molar-refractivity contribution in [2.45, 2.75) is 124 Å². The van der Waals surface area contributed by atoms with Crippen molar-refractivity contribution in [3.8, 4) is 0 Å². The summed E-state index contributed by atoms with van der Waals surface area (Å²) < 4.78 is 4.95. The van der Waals surface area contributed by atoms with Gasteiger partial charge in [0.2, 0.25) is 12.2 Å². The number of hydrogen-bond acceptors (Lipinski definition) is 7. The molecule has 4 aliphatic rings. The van der Waals surface area contributed by atoms with Gasteiger partial charge in [-0.2, -0.15) is 0 Å². The minimum Gasteiger partial charge on any atom is -0.375 e. The van der Waals surface area contributed by atoms with Crippen LogP contribution in [0.2, 0.25) is 0 Å². The monoisotopic (exact) mass is 647 g/mol. The molecule has 3 unspecified atom stereocenters. The first-order valence-electron chi connectivity index (χ1n) is 17.4. The Labute approximate surface area is 275 Å². The molecule has 1 saturated heterocycles. The zero-order valence-corrected chi connectivity index (χ0v) is 29.2. The van der Waals surface area contributed by atoms with Crippen molar-refractivity contribution < 1.29 is 28.7 Å². The fourth-order valence-corrected chi connectivity index (χ4v) is 7.55. The highest BCUT2D eigenvalue weighted by molar-refractivity contribution is 6.37. The molecule has 262 valence electrons. The van der Waals surface area contributed by atoms with Gasteiger partial charge in [0, 0.05) is 12.5 Å². The van der Waals surface area contributed by atoms with Gasteiger partial charge >= 0.3 is 6.03 Å². The number of nitrogens with one attached hydrogen (secondary N) is 3. The minimum atomic E-state index is -0.841. The summed E-state index contributed by atoms with van der Waals surface area (Å²) in [5, 5.41) is 8.91. The van der Waals surface area contributed by atoms with Crippen molar-refractivity contribution in [2.24, 2.45) is 51.4 Å². The highest BCUT2D eigenvalue weighted by Gasteiger charge is 2.52. The smallest absolute Gasteiger partial charge is 0.313 e. The van der Waals surface area contributed by atoms with Crippen LogP contribution in [0, 0.1) is 39.9 Å². The number of carbonyl (C=O) groups excluding carboxylic acids is 5. The largest absolute Gasteiger partial charge is 0.375 e. The number of primary amides is 2. The van der Waals surface area contributed by atoms with Gasteiger partial charge in [-0.05, 0) is 85.5 Å². The molecule has 0 aromatic rings. The molecule has 4 fully saturated rings. The minimum absolute atomic E-state index is 0.0811. The topological polar surface area (TPSA) is 183 Å². The van der Waals surface area contributed by atoms with E-state index in [1.165, 1.54) is 25.7 Å². The molecule has 0 aromatic carbocycles. The number of rotatable bonds is 18. The number of ketones is 2. The van der Waals surface area contributed by atoms with Crippen LogP contribution in [0.4, 0.5) is 4.79 Å². The molecule has 0 spiro atoms. The van der Waals surface area contributed by atoms with E-state index in [1.54, 1.807) is 0 Å². The predicted molar refractivity (Wildman–Crippen MR) is 177 cm³/mol. The Kier molecular flexibility index (Phi) is 12.8. The Morgan fingerprint density at radius 2 is 1.59 bits per heavy atom. The summed E-state index contributed by atoms with van der Waals surface area (Å²) in [4.78, 5) is 57.7. The van der Waals surface area contributed by atoms with Crippen molar-refractivity contribution in [3.05, 3.63) is 0 Å². The molecule has 3 atom stereocenters. The van der Waals surface area contributed by atoms with Crippen LogP contribution in [0.5, 0.6) is 0 Å². The Morgan fingerprint density at radius 3 is 1.98 bits per heavy atom. The van der Waals surface area contributed by atoms with Crippen LogP contribution in [0.25, 0.3) is 0 Å². The molecule has 0 bridgehead atoms. The van der Waals surface area contributed by atoms with E-state index in [9.17, 15) is 24.0 Å². The Hall–Kier alpha value is -2.53. The lowest BCUT2D eigenvalue weighted by atomic mass is 9.50. The molecule has 11 nitrogen and oxygen atoms in total. The lowest BCUT2D eigenvalue weighted by molar-refractivity contribution is -0.145. The van der Waals surface area contributed by atoms with E-state index in [2.05, 4.69) is 57.5 Å². The maximum absolute atomic E-state index is 12.5. The van der Waals surface area contributed by atoms with Crippen molar-refractivity contribution >= 4 is 29.9 Å². The third-order valence-corrected chi connectivity index (χ3v) is 11.5. The van der Waals surface area contributed by atoms with Gasteiger partial charge in [0.05, 0.1) is 19.3 Å². The Bertz CT molecular complexity index is 1090. The average molecular weight is 648 g/mol. The van der Waals surface area contributed by atoms with E-state index in [1.807, 2.05) is 0 Å². The normalized spacial score (nSPS) is 22.2. The third-order valence-electron chi connectivity index (χ3n) is 11.5. The van der Waals surface area contributed by atoms with E-state index in [-0.39, 0.29) is 41.2 Å². The van der Waals surface area contributed by atoms with Gasteiger partial charge in [0.15, 0.2) is 5.78 Å². The van der Waals surface area contributed by atoms with Gasteiger partial charge in [-0.3, -0.25) is 19.2 Å². The predicted octanol–water partition coefficient (Wildman–Crippen LogP) is 3.61. The fraction of sp³-hybridized carbons (Fsp3) is 0.857. The standard InChI is InChI=1S/C27H49N3O3.C8H12N2O3/c1-25(2,3)15-20(16-30-22(23(32)24(28)33)14-19-9-7-10-19)13-21(17-29-18-31)26(4,5)27(6)11-8-12-27;9-7(12)10-8(3-13-4-8)6(11)5-1-2-5/h18-22,30H,7-17H2,1-6H3,(H2,28,33)(H,29,31);5H,1-4H2,(H3,9,10,12). The number of amides is 4. The van der Waals surface area contributed by atoms with Crippen LogP contribution in [-0.2, 0) is 23.9 Å². The second-order valence-corrected chi connectivity index (χ2v) is 16.7. The first-order valence-corrected chi connectivity index (χ1v) is 17.4. The zero-order valence-electron chi connectivity index (χ0n) is 29.2. The quantitative estimate of drug-likeness (QED) is 0.111. The van der Waals surface area contributed by atoms with Gasteiger partial charge in [0.25, 0.3) is 5.91 Å². The van der Waals surface area contributed by atoms with Gasteiger partial charge in [-0.15, -0.1) is 0 Å². The lowest BCUT2D eigenvalue weighted by Crippen LogP contribution is -2.68. The molecule has 11 heteroatoms. The number of urea groups is 1. The fourth-order valence-electron chi connectivity index (χ4n) is 7.55. The SMILES string of the molecule is CC(C)(C)CC(CNC(CC1CCC1)C(=O)C(N)=O)CC(CNC=O)C(C)(C)C1(C)CCC1.NC(=O)NC1(C(=O)C2CC2)COC1. The van der Waals surface area contributed by atoms with Crippen molar-refractivity contribution in [2.75, 3.05) is 26.3 Å². The van der Waals surface area contributed by atoms with E-state index >= 15 is 0 Å². The number of Topliss-reactive ketones (excluding diaryl/α,β-unsaturated/α-hetero) is 2. The molecular formula is C35H61N5O6. The molecule has 1 heterocycles. The van der Waals surface area contributed by atoms with Crippen LogP contribution >= 0.6 is 0 Å². The average Bonchev–Trinajstić information content (AvgIpc) is 3.74. The van der Waals surface area contributed by atoms with E-state index in [0.717, 1.165) is 44.9 Å². The lowest BCUT2D eigenvalue weighted by Gasteiger charge is -2.55. The van der Waals surface area contributed by atoms with Gasteiger partial charge in [-0.25, -0.2) is 4.79 Å². The molecule has 1 aliphatic heterocycles. The van der Waals surface area contributed by atoms with Crippen LogP contribution in [0.1, 0.15) is 112 Å². The van der Waals surface area contributed by atoms with E-state index < -0.39 is 29.3 Å². The molecule has 7 N–H and O–H groups in total. The van der Waals surface area contributed by atoms with E-state index in [4.69, 9.17) is 16.2 Å². The highest BCUT2D eigenvalue weighted by Crippen LogP contribution is 2.58. The molecule has 3 saturated carbocycles.